The van der Waals surface area contributed by atoms with E-state index >= 15 is 0 Å². The molecule has 1 nitrogen and oxygen atoms in total. The third-order valence-electron chi connectivity index (χ3n) is 2.17. The summed E-state index contributed by atoms with van der Waals surface area (Å²) in [6.07, 6.45) is -2.48. The van der Waals surface area contributed by atoms with Gasteiger partial charge in [-0.2, -0.15) is 0 Å². The Labute approximate surface area is 86.9 Å². The van der Waals surface area contributed by atoms with Gasteiger partial charge in [0.15, 0.2) is 0 Å². The third-order valence-corrected chi connectivity index (χ3v) is 2.40. The van der Waals surface area contributed by atoms with Crippen molar-refractivity contribution in [3.8, 4) is 0 Å². The summed E-state index contributed by atoms with van der Waals surface area (Å²) in [4.78, 5) is 0. The van der Waals surface area contributed by atoms with Crippen LogP contribution in [0.2, 0.25) is 5.02 Å². The molecule has 0 radical (unpaired) electrons. The van der Waals surface area contributed by atoms with Crippen molar-refractivity contribution in [2.45, 2.75) is 19.3 Å². The molecule has 0 spiro atoms. The predicted molar refractivity (Wildman–Crippen MR) is 53.9 cm³/mol. The Kier molecular flexibility index (Phi) is 3.84. The zero-order chi connectivity index (χ0) is 10.7. The molecular weight excluding hydrogens is 208 g/mol. The molecule has 0 heterocycles. The monoisotopic (exact) mass is 219 g/mol. The highest BCUT2D eigenvalue weighted by atomic mass is 35.5. The Bertz CT molecular complexity index is 315. The molecule has 1 aromatic rings. The number of hydrogen-bond donors (Lipinski definition) is 1. The van der Waals surface area contributed by atoms with Crippen LogP contribution in [-0.4, -0.2) is 6.54 Å². The summed E-state index contributed by atoms with van der Waals surface area (Å²) in [7, 11) is 0. The van der Waals surface area contributed by atoms with Crippen molar-refractivity contribution in [1.29, 1.82) is 0 Å². The van der Waals surface area contributed by atoms with Crippen molar-refractivity contribution in [3.05, 3.63) is 34.3 Å². The average Bonchev–Trinajstić information content (AvgIpc) is 2.16. The van der Waals surface area contributed by atoms with Crippen LogP contribution in [-0.2, 0) is 0 Å². The van der Waals surface area contributed by atoms with Gasteiger partial charge in [-0.05, 0) is 30.2 Å². The quantitative estimate of drug-likeness (QED) is 0.829. The smallest absolute Gasteiger partial charge is 0.264 e. The Morgan fingerprint density at radius 2 is 2.00 bits per heavy atom. The fourth-order valence-corrected chi connectivity index (χ4v) is 1.48. The molecule has 78 valence electrons. The van der Waals surface area contributed by atoms with Gasteiger partial charge in [0.2, 0.25) is 0 Å². The van der Waals surface area contributed by atoms with Gasteiger partial charge in [-0.1, -0.05) is 24.6 Å². The number of hydrogen-bond acceptors (Lipinski definition) is 1. The number of alkyl halides is 2. The minimum absolute atomic E-state index is 0.0207. The lowest BCUT2D eigenvalue weighted by Crippen LogP contribution is -2.11. The molecule has 0 saturated carbocycles. The second kappa shape index (κ2) is 4.71. The lowest BCUT2D eigenvalue weighted by molar-refractivity contribution is 0.150. The van der Waals surface area contributed by atoms with Crippen LogP contribution >= 0.6 is 11.6 Å². The fraction of sp³-hybridized carbons (Fsp3) is 0.400. The largest absolute Gasteiger partial charge is 0.330 e. The maximum Gasteiger partial charge on any atom is 0.264 e. The van der Waals surface area contributed by atoms with E-state index in [9.17, 15) is 8.78 Å². The zero-order valence-electron chi connectivity index (χ0n) is 7.81. The number of halogens is 3. The summed E-state index contributed by atoms with van der Waals surface area (Å²) in [5.41, 5.74) is 5.99. The molecule has 0 fully saturated rings. The highest BCUT2D eigenvalue weighted by Crippen LogP contribution is 2.30. The summed E-state index contributed by atoms with van der Waals surface area (Å²) in [6.45, 7) is 2.14. The molecule has 1 unspecified atom stereocenters. The molecule has 2 N–H and O–H groups in total. The standard InChI is InChI=1S/C10H12ClF2N/c1-6(5-14)9-4-7(11)2-3-8(9)10(12)13/h2-4,6,10H,5,14H2,1H3. The number of nitrogens with two attached hydrogens (primary N) is 1. The molecule has 0 aromatic heterocycles. The summed E-state index contributed by atoms with van der Waals surface area (Å²) in [5.74, 6) is -0.0994. The molecule has 4 heteroatoms. The van der Waals surface area contributed by atoms with Crippen molar-refractivity contribution in [1.82, 2.24) is 0 Å². The van der Waals surface area contributed by atoms with E-state index in [0.29, 0.717) is 17.1 Å². The van der Waals surface area contributed by atoms with Gasteiger partial charge in [-0.25, -0.2) is 8.78 Å². The molecule has 0 bridgehead atoms. The predicted octanol–water partition coefficient (Wildman–Crippen LogP) is 3.34. The van der Waals surface area contributed by atoms with Crippen LogP contribution in [0, 0.1) is 0 Å². The highest BCUT2D eigenvalue weighted by molar-refractivity contribution is 6.30. The van der Waals surface area contributed by atoms with Crippen molar-refractivity contribution >= 4 is 11.6 Å². The van der Waals surface area contributed by atoms with Crippen molar-refractivity contribution in [3.63, 3.8) is 0 Å². The average molecular weight is 220 g/mol. The number of rotatable bonds is 3. The van der Waals surface area contributed by atoms with E-state index in [1.807, 2.05) is 0 Å². The van der Waals surface area contributed by atoms with Gasteiger partial charge in [0, 0.05) is 10.6 Å². The van der Waals surface area contributed by atoms with Gasteiger partial charge in [-0.15, -0.1) is 0 Å². The van der Waals surface area contributed by atoms with E-state index in [0.717, 1.165) is 0 Å². The molecule has 0 aliphatic carbocycles. The van der Waals surface area contributed by atoms with E-state index in [4.69, 9.17) is 17.3 Å². The maximum atomic E-state index is 12.6. The van der Waals surface area contributed by atoms with Crippen LogP contribution < -0.4 is 5.73 Å². The van der Waals surface area contributed by atoms with Gasteiger partial charge in [-0.3, -0.25) is 0 Å². The first kappa shape index (κ1) is 11.4. The molecule has 0 aliphatic heterocycles. The minimum atomic E-state index is -2.48. The van der Waals surface area contributed by atoms with Crippen LogP contribution in [0.15, 0.2) is 18.2 Å². The zero-order valence-corrected chi connectivity index (χ0v) is 8.56. The first-order valence-electron chi connectivity index (χ1n) is 4.33. The Balaban J connectivity index is 3.15. The topological polar surface area (TPSA) is 26.0 Å². The van der Waals surface area contributed by atoms with E-state index in [-0.39, 0.29) is 11.5 Å². The molecule has 1 aromatic carbocycles. The van der Waals surface area contributed by atoms with Gasteiger partial charge in [0.05, 0.1) is 0 Å². The molecule has 0 aliphatic rings. The lowest BCUT2D eigenvalue weighted by Gasteiger charge is -2.14. The van der Waals surface area contributed by atoms with Crippen LogP contribution in [0.25, 0.3) is 0 Å². The highest BCUT2D eigenvalue weighted by Gasteiger charge is 2.16. The van der Waals surface area contributed by atoms with Crippen LogP contribution in [0.3, 0.4) is 0 Å². The van der Waals surface area contributed by atoms with Crippen molar-refractivity contribution < 1.29 is 8.78 Å². The van der Waals surface area contributed by atoms with Gasteiger partial charge in [0.1, 0.15) is 0 Å². The Morgan fingerprint density at radius 3 is 2.50 bits per heavy atom. The second-order valence-corrected chi connectivity index (χ2v) is 3.65. The van der Waals surface area contributed by atoms with Gasteiger partial charge < -0.3 is 5.73 Å². The number of benzene rings is 1. The normalized spacial score (nSPS) is 13.3. The van der Waals surface area contributed by atoms with Gasteiger partial charge in [0.25, 0.3) is 6.43 Å². The van der Waals surface area contributed by atoms with Crippen molar-refractivity contribution in [2.75, 3.05) is 6.54 Å². The van der Waals surface area contributed by atoms with Crippen LogP contribution in [0.1, 0.15) is 30.4 Å². The molecule has 14 heavy (non-hydrogen) atoms. The second-order valence-electron chi connectivity index (χ2n) is 3.21. The van der Waals surface area contributed by atoms with Crippen molar-refractivity contribution in [2.24, 2.45) is 5.73 Å². The maximum absolute atomic E-state index is 12.6. The summed E-state index contributed by atoms with van der Waals surface area (Å²) >= 11 is 5.74. The van der Waals surface area contributed by atoms with Crippen LogP contribution in [0.5, 0.6) is 0 Å². The van der Waals surface area contributed by atoms with Crippen LogP contribution in [0.4, 0.5) is 8.78 Å². The molecule has 1 atom stereocenters. The Morgan fingerprint density at radius 1 is 1.36 bits per heavy atom. The van der Waals surface area contributed by atoms with E-state index in [1.165, 1.54) is 12.1 Å². The fourth-order valence-electron chi connectivity index (χ4n) is 1.30. The molecule has 0 amide bonds. The third kappa shape index (κ3) is 2.42. The molecular formula is C10H12ClF2N. The van der Waals surface area contributed by atoms with Gasteiger partial charge >= 0.3 is 0 Å². The van der Waals surface area contributed by atoms with E-state index in [2.05, 4.69) is 0 Å². The SMILES string of the molecule is CC(CN)c1cc(Cl)ccc1C(F)F. The first-order chi connectivity index (χ1) is 6.56. The summed E-state index contributed by atoms with van der Waals surface area (Å²) < 4.78 is 25.1. The van der Waals surface area contributed by atoms with E-state index in [1.54, 1.807) is 13.0 Å². The molecule has 0 saturated heterocycles. The van der Waals surface area contributed by atoms with E-state index < -0.39 is 6.43 Å². The first-order valence-corrected chi connectivity index (χ1v) is 4.71. The minimum Gasteiger partial charge on any atom is -0.330 e. The summed E-state index contributed by atoms with van der Waals surface area (Å²) in [6, 6.07) is 4.38. The molecule has 1 rings (SSSR count). The summed E-state index contributed by atoms with van der Waals surface area (Å²) in [5, 5.41) is 0.463. The Hall–Kier alpha value is -0.670. The lowest BCUT2D eigenvalue weighted by atomic mass is 9.96.